The maximum Gasteiger partial charge on any atom is 0.286 e. The number of aliphatic hydroxyl groups excluding tert-OH is 1. The van der Waals surface area contributed by atoms with Gasteiger partial charge in [-0.1, -0.05) is 5.92 Å². The van der Waals surface area contributed by atoms with E-state index in [0.29, 0.717) is 32.8 Å². The predicted octanol–water partition coefficient (Wildman–Crippen LogP) is 1.54. The Bertz CT molecular complexity index is 257. The van der Waals surface area contributed by atoms with Crippen molar-refractivity contribution in [2.75, 3.05) is 33.0 Å². The van der Waals surface area contributed by atoms with Crippen LogP contribution in [0, 0.1) is 11.8 Å². The van der Waals surface area contributed by atoms with Crippen molar-refractivity contribution < 1.29 is 24.1 Å². The molecule has 0 unspecified atom stereocenters. The molecule has 0 rings (SSSR count). The molecule has 0 saturated carbocycles. The van der Waals surface area contributed by atoms with Gasteiger partial charge in [0, 0.05) is 32.8 Å². The van der Waals surface area contributed by atoms with Crippen LogP contribution in [0.1, 0.15) is 34.1 Å². The van der Waals surface area contributed by atoms with Gasteiger partial charge in [0.15, 0.2) is 0 Å². The van der Waals surface area contributed by atoms with Crippen molar-refractivity contribution in [3.05, 3.63) is 0 Å². The summed E-state index contributed by atoms with van der Waals surface area (Å²) >= 11 is 0. The minimum absolute atomic E-state index is 0.00470. The maximum atomic E-state index is 8.82. The van der Waals surface area contributed by atoms with Crippen molar-refractivity contribution in [3.63, 3.8) is 0 Å². The molecule has 19 heavy (non-hydrogen) atoms. The van der Waals surface area contributed by atoms with Crippen LogP contribution in [0.2, 0.25) is 0 Å². The van der Waals surface area contributed by atoms with E-state index in [4.69, 9.17) is 24.1 Å². The molecule has 0 amide bonds. The number of hydrogen-bond acceptors (Lipinski definition) is 5. The molecule has 5 nitrogen and oxygen atoms in total. The van der Waals surface area contributed by atoms with Crippen molar-refractivity contribution in [1.29, 1.82) is 0 Å². The zero-order chi connectivity index (χ0) is 14.6. The van der Waals surface area contributed by atoms with E-state index in [0.717, 1.165) is 0 Å². The molecular weight excluding hydrogens is 248 g/mol. The van der Waals surface area contributed by atoms with E-state index in [1.165, 1.54) is 0 Å². The molecule has 0 aliphatic carbocycles. The van der Waals surface area contributed by atoms with Gasteiger partial charge in [0.1, 0.15) is 0 Å². The van der Waals surface area contributed by atoms with Crippen LogP contribution in [-0.4, -0.2) is 50.2 Å². The van der Waals surface area contributed by atoms with Gasteiger partial charge in [-0.3, -0.25) is 0 Å². The van der Waals surface area contributed by atoms with Crippen LogP contribution >= 0.6 is 0 Å². The van der Waals surface area contributed by atoms with Crippen molar-refractivity contribution >= 4 is 0 Å². The molecule has 0 saturated heterocycles. The molecule has 5 heteroatoms. The molecule has 0 spiro atoms. The Morgan fingerprint density at radius 2 is 1.47 bits per heavy atom. The highest BCUT2D eigenvalue weighted by atomic mass is 16.8. The van der Waals surface area contributed by atoms with Gasteiger partial charge in [-0.25, -0.2) is 0 Å². The average Bonchev–Trinajstić information content (AvgIpc) is 2.39. The van der Waals surface area contributed by atoms with Crippen LogP contribution in [0.4, 0.5) is 0 Å². The van der Waals surface area contributed by atoms with Crippen molar-refractivity contribution in [2.24, 2.45) is 0 Å². The predicted molar refractivity (Wildman–Crippen MR) is 72.5 cm³/mol. The zero-order valence-electron chi connectivity index (χ0n) is 12.4. The second-order valence-corrected chi connectivity index (χ2v) is 3.55. The fraction of sp³-hybridized carbons (Fsp3) is 0.857. The lowest BCUT2D eigenvalue weighted by Gasteiger charge is -2.34. The standard InChI is InChI=1S/C14H26O5/c1-5-16-13(17-6-2)14(18-7-3,19-8-4)11-9-10-12-15/h13,15H,5-8,10,12H2,1-4H3. The topological polar surface area (TPSA) is 57.2 Å². The van der Waals surface area contributed by atoms with E-state index in [9.17, 15) is 0 Å². The summed E-state index contributed by atoms with van der Waals surface area (Å²) in [5, 5.41) is 8.82. The average molecular weight is 274 g/mol. The summed E-state index contributed by atoms with van der Waals surface area (Å²) in [6.07, 6.45) is -0.360. The highest BCUT2D eigenvalue weighted by molar-refractivity contribution is 5.12. The van der Waals surface area contributed by atoms with Crippen molar-refractivity contribution in [3.8, 4) is 11.8 Å². The highest BCUT2D eigenvalue weighted by Gasteiger charge is 2.41. The first-order chi connectivity index (χ1) is 9.20. The summed E-state index contributed by atoms with van der Waals surface area (Å²) in [5.74, 6) is 4.49. The molecule has 0 aromatic rings. The number of rotatable bonds is 10. The molecule has 0 aromatic carbocycles. The van der Waals surface area contributed by atoms with Gasteiger partial charge < -0.3 is 24.1 Å². The lowest BCUT2D eigenvalue weighted by atomic mass is 10.2. The maximum absolute atomic E-state index is 8.82. The third-order valence-corrected chi connectivity index (χ3v) is 2.16. The summed E-state index contributed by atoms with van der Waals surface area (Å²) in [7, 11) is 0. The molecule has 112 valence electrons. The Balaban J connectivity index is 5.19. The first-order valence-electron chi connectivity index (χ1n) is 6.82. The highest BCUT2D eigenvalue weighted by Crippen LogP contribution is 2.22. The van der Waals surface area contributed by atoms with Gasteiger partial charge in [-0.15, -0.1) is 0 Å². The first kappa shape index (κ1) is 18.4. The third kappa shape index (κ3) is 6.37. The van der Waals surface area contributed by atoms with Gasteiger partial charge in [-0.2, -0.15) is 0 Å². The van der Waals surface area contributed by atoms with Gasteiger partial charge in [0.2, 0.25) is 6.29 Å². The summed E-state index contributed by atoms with van der Waals surface area (Å²) in [6, 6.07) is 0. The van der Waals surface area contributed by atoms with Crippen LogP contribution in [0.3, 0.4) is 0 Å². The lowest BCUT2D eigenvalue weighted by Crippen LogP contribution is -2.49. The Labute approximate surface area is 116 Å². The molecule has 1 N–H and O–H groups in total. The van der Waals surface area contributed by atoms with Gasteiger partial charge in [-0.05, 0) is 33.6 Å². The number of hydrogen-bond donors (Lipinski definition) is 1. The van der Waals surface area contributed by atoms with Crippen LogP contribution < -0.4 is 0 Å². The molecule has 0 fully saturated rings. The lowest BCUT2D eigenvalue weighted by molar-refractivity contribution is -0.321. The van der Waals surface area contributed by atoms with Gasteiger partial charge in [0.05, 0.1) is 6.61 Å². The van der Waals surface area contributed by atoms with E-state index < -0.39 is 12.1 Å². The third-order valence-electron chi connectivity index (χ3n) is 2.16. The SMILES string of the molecule is CCOC(OCC)C(C#CCCO)(OCC)OCC. The van der Waals surface area contributed by atoms with E-state index in [-0.39, 0.29) is 6.61 Å². The Hall–Kier alpha value is -0.640. The van der Waals surface area contributed by atoms with E-state index in [1.807, 2.05) is 27.7 Å². The van der Waals surface area contributed by atoms with Gasteiger partial charge >= 0.3 is 0 Å². The Kier molecular flexibility index (Phi) is 10.8. The molecular formula is C14H26O5. The van der Waals surface area contributed by atoms with Crippen molar-refractivity contribution in [2.45, 2.75) is 46.2 Å². The summed E-state index contributed by atoms with van der Waals surface area (Å²) in [6.45, 7) is 9.23. The monoisotopic (exact) mass is 274 g/mol. The minimum atomic E-state index is -1.25. The first-order valence-corrected chi connectivity index (χ1v) is 6.82. The second-order valence-electron chi connectivity index (χ2n) is 3.55. The Morgan fingerprint density at radius 3 is 1.84 bits per heavy atom. The quantitative estimate of drug-likeness (QED) is 0.484. The normalized spacial score (nSPS) is 11.5. The fourth-order valence-corrected chi connectivity index (χ4v) is 1.55. The fourth-order valence-electron chi connectivity index (χ4n) is 1.55. The van der Waals surface area contributed by atoms with Crippen LogP contribution in [-0.2, 0) is 18.9 Å². The van der Waals surface area contributed by atoms with E-state index in [1.54, 1.807) is 0 Å². The molecule has 0 aliphatic rings. The van der Waals surface area contributed by atoms with E-state index >= 15 is 0 Å². The molecule has 0 aromatic heterocycles. The van der Waals surface area contributed by atoms with Gasteiger partial charge in [0.25, 0.3) is 5.79 Å². The second kappa shape index (κ2) is 11.2. The van der Waals surface area contributed by atoms with E-state index in [2.05, 4.69) is 11.8 Å². The Morgan fingerprint density at radius 1 is 0.947 bits per heavy atom. The zero-order valence-corrected chi connectivity index (χ0v) is 12.4. The summed E-state index contributed by atoms with van der Waals surface area (Å²) < 4.78 is 22.4. The molecule has 0 radical (unpaired) electrons. The number of aliphatic hydroxyl groups is 1. The van der Waals surface area contributed by atoms with Crippen LogP contribution in [0.15, 0.2) is 0 Å². The van der Waals surface area contributed by atoms with Crippen LogP contribution in [0.5, 0.6) is 0 Å². The van der Waals surface area contributed by atoms with Crippen LogP contribution in [0.25, 0.3) is 0 Å². The summed E-state index contributed by atoms with van der Waals surface area (Å²) in [5.41, 5.74) is 0. The summed E-state index contributed by atoms with van der Waals surface area (Å²) in [4.78, 5) is 0. The van der Waals surface area contributed by atoms with Crippen molar-refractivity contribution in [1.82, 2.24) is 0 Å². The largest absolute Gasteiger partial charge is 0.395 e. The smallest absolute Gasteiger partial charge is 0.286 e. The molecule has 0 bridgehead atoms. The number of ether oxygens (including phenoxy) is 4. The molecule has 0 aliphatic heterocycles. The molecule has 0 heterocycles. The molecule has 0 atom stereocenters. The minimum Gasteiger partial charge on any atom is -0.395 e.